The highest BCUT2D eigenvalue weighted by atomic mass is 16.6. The van der Waals surface area contributed by atoms with Crippen LogP contribution in [0.15, 0.2) is 12.4 Å². The lowest BCUT2D eigenvalue weighted by atomic mass is 10.1. The number of carbonyl (C=O) groups excluding carboxylic acids is 1. The van der Waals surface area contributed by atoms with Gasteiger partial charge in [0.25, 0.3) is 0 Å². The number of hydrogen-bond acceptors (Lipinski definition) is 4. The van der Waals surface area contributed by atoms with Gasteiger partial charge in [0.1, 0.15) is 18.2 Å². The Bertz CT molecular complexity index is 370. The second-order valence-corrected chi connectivity index (χ2v) is 3.55. The summed E-state index contributed by atoms with van der Waals surface area (Å²) in [7, 11) is 0. The molecule has 0 aromatic carbocycles. The first kappa shape index (κ1) is 11.4. The summed E-state index contributed by atoms with van der Waals surface area (Å²) in [5.74, 6) is -0.155. The van der Waals surface area contributed by atoms with Crippen molar-refractivity contribution in [3.63, 3.8) is 0 Å². The second kappa shape index (κ2) is 4.68. The molecule has 0 aliphatic rings. The SMILES string of the molecule is CC(C)C(=O)CCn1ccnc1[N+](=O)[O-]. The zero-order chi connectivity index (χ0) is 11.4. The fourth-order valence-corrected chi connectivity index (χ4v) is 1.17. The molecule has 0 atom stereocenters. The van der Waals surface area contributed by atoms with Crippen molar-refractivity contribution >= 4 is 11.7 Å². The Morgan fingerprint density at radius 1 is 1.67 bits per heavy atom. The van der Waals surface area contributed by atoms with Crippen LogP contribution < -0.4 is 0 Å². The van der Waals surface area contributed by atoms with Crippen LogP contribution >= 0.6 is 0 Å². The molecule has 0 radical (unpaired) electrons. The maximum absolute atomic E-state index is 11.3. The number of hydrogen-bond donors (Lipinski definition) is 0. The molecule has 6 nitrogen and oxygen atoms in total. The number of aromatic nitrogens is 2. The predicted octanol–water partition coefficient (Wildman–Crippen LogP) is 1.41. The van der Waals surface area contributed by atoms with Crippen LogP contribution in [0.1, 0.15) is 20.3 Å². The van der Waals surface area contributed by atoms with Gasteiger partial charge in [0.15, 0.2) is 0 Å². The van der Waals surface area contributed by atoms with E-state index < -0.39 is 4.92 Å². The minimum absolute atomic E-state index is 0.0347. The van der Waals surface area contributed by atoms with Crippen molar-refractivity contribution < 1.29 is 9.72 Å². The molecule has 6 heteroatoms. The minimum Gasteiger partial charge on any atom is -0.390 e. The van der Waals surface area contributed by atoms with Gasteiger partial charge in [0, 0.05) is 12.3 Å². The number of nitrogens with zero attached hydrogens (tertiary/aromatic N) is 3. The Morgan fingerprint density at radius 3 is 2.87 bits per heavy atom. The van der Waals surface area contributed by atoms with Crippen molar-refractivity contribution in [1.82, 2.24) is 9.55 Å². The molecule has 0 aliphatic heterocycles. The quantitative estimate of drug-likeness (QED) is 0.544. The van der Waals surface area contributed by atoms with E-state index in [4.69, 9.17) is 0 Å². The summed E-state index contributed by atoms with van der Waals surface area (Å²) in [4.78, 5) is 24.8. The van der Waals surface area contributed by atoms with Gasteiger partial charge in [-0.25, -0.2) is 4.57 Å². The van der Waals surface area contributed by atoms with E-state index in [-0.39, 0.29) is 17.6 Å². The second-order valence-electron chi connectivity index (χ2n) is 3.55. The molecule has 82 valence electrons. The standard InChI is InChI=1S/C9H13N3O3/c1-7(2)8(13)3-5-11-6-4-10-9(11)12(14)15/h4,6-7H,3,5H2,1-2H3. The van der Waals surface area contributed by atoms with E-state index in [0.29, 0.717) is 13.0 Å². The largest absolute Gasteiger partial charge is 0.434 e. The van der Waals surface area contributed by atoms with Crippen LogP contribution in [0.5, 0.6) is 0 Å². The molecule has 0 N–H and O–H groups in total. The van der Waals surface area contributed by atoms with Gasteiger partial charge in [0.2, 0.25) is 0 Å². The Labute approximate surface area is 87.1 Å². The van der Waals surface area contributed by atoms with E-state index in [9.17, 15) is 14.9 Å². The molecule has 1 aromatic rings. The summed E-state index contributed by atoms with van der Waals surface area (Å²) in [6.45, 7) is 3.93. The third-order valence-corrected chi connectivity index (χ3v) is 2.10. The molecule has 1 aromatic heterocycles. The molecular weight excluding hydrogens is 198 g/mol. The highest BCUT2D eigenvalue weighted by molar-refractivity contribution is 5.80. The number of ketones is 1. The highest BCUT2D eigenvalue weighted by Gasteiger charge is 2.15. The van der Waals surface area contributed by atoms with Crippen molar-refractivity contribution in [3.8, 4) is 0 Å². The highest BCUT2D eigenvalue weighted by Crippen LogP contribution is 2.09. The maximum atomic E-state index is 11.3. The van der Waals surface area contributed by atoms with Crippen molar-refractivity contribution in [1.29, 1.82) is 0 Å². The molecule has 0 unspecified atom stereocenters. The van der Waals surface area contributed by atoms with Gasteiger partial charge < -0.3 is 10.1 Å². The monoisotopic (exact) mass is 211 g/mol. The first-order chi connectivity index (χ1) is 7.02. The normalized spacial score (nSPS) is 10.6. The van der Waals surface area contributed by atoms with E-state index in [1.165, 1.54) is 17.0 Å². The van der Waals surface area contributed by atoms with Crippen LogP contribution in [0.4, 0.5) is 5.95 Å². The minimum atomic E-state index is -0.556. The third kappa shape index (κ3) is 2.87. The van der Waals surface area contributed by atoms with Crippen molar-refractivity contribution in [2.75, 3.05) is 0 Å². The van der Waals surface area contributed by atoms with Crippen LogP contribution in [0, 0.1) is 16.0 Å². The van der Waals surface area contributed by atoms with E-state index in [1.807, 2.05) is 13.8 Å². The first-order valence-electron chi connectivity index (χ1n) is 4.70. The van der Waals surface area contributed by atoms with Gasteiger partial charge in [-0.05, 0) is 4.92 Å². The zero-order valence-electron chi connectivity index (χ0n) is 8.71. The number of Topliss-reactive ketones (excluding diaryl/α,β-unsaturated/α-hetero) is 1. The Balaban J connectivity index is 2.62. The van der Waals surface area contributed by atoms with Gasteiger partial charge in [-0.3, -0.25) is 4.79 Å². The number of rotatable bonds is 5. The number of carbonyl (C=O) groups is 1. The molecule has 0 saturated heterocycles. The lowest BCUT2D eigenvalue weighted by molar-refractivity contribution is -0.396. The van der Waals surface area contributed by atoms with Crippen LogP contribution in [0.25, 0.3) is 0 Å². The molecule has 0 aliphatic carbocycles. The molecule has 0 bridgehead atoms. The van der Waals surface area contributed by atoms with E-state index >= 15 is 0 Å². The summed E-state index contributed by atoms with van der Waals surface area (Å²) in [6, 6.07) is 0. The van der Waals surface area contributed by atoms with Crippen molar-refractivity contribution in [3.05, 3.63) is 22.5 Å². The lowest BCUT2D eigenvalue weighted by Crippen LogP contribution is -2.11. The van der Waals surface area contributed by atoms with Gasteiger partial charge in [-0.2, -0.15) is 0 Å². The molecule has 1 heterocycles. The van der Waals surface area contributed by atoms with Gasteiger partial charge in [-0.1, -0.05) is 18.8 Å². The van der Waals surface area contributed by atoms with Crippen LogP contribution in [-0.2, 0) is 11.3 Å². The molecule has 0 amide bonds. The third-order valence-electron chi connectivity index (χ3n) is 2.10. The Hall–Kier alpha value is -1.72. The molecular formula is C9H13N3O3. The molecule has 0 spiro atoms. The van der Waals surface area contributed by atoms with Gasteiger partial charge in [0.05, 0.1) is 6.54 Å². The maximum Gasteiger partial charge on any atom is 0.434 e. The Kier molecular flexibility index (Phi) is 3.54. The molecule has 0 fully saturated rings. The van der Waals surface area contributed by atoms with Crippen LogP contribution in [0.3, 0.4) is 0 Å². The number of aryl methyl sites for hydroxylation is 1. The van der Waals surface area contributed by atoms with Gasteiger partial charge in [-0.15, -0.1) is 0 Å². The summed E-state index contributed by atoms with van der Waals surface area (Å²) < 4.78 is 1.38. The van der Waals surface area contributed by atoms with Gasteiger partial charge >= 0.3 is 5.95 Å². The number of imidazole rings is 1. The zero-order valence-corrected chi connectivity index (χ0v) is 8.71. The average Bonchev–Trinajstić information content (AvgIpc) is 2.61. The predicted molar refractivity (Wildman–Crippen MR) is 53.3 cm³/mol. The van der Waals surface area contributed by atoms with Crippen LogP contribution in [0.2, 0.25) is 0 Å². The number of nitro groups is 1. The van der Waals surface area contributed by atoms with Crippen molar-refractivity contribution in [2.24, 2.45) is 5.92 Å². The van der Waals surface area contributed by atoms with E-state index in [1.54, 1.807) is 0 Å². The summed E-state index contributed by atoms with van der Waals surface area (Å²) >= 11 is 0. The summed E-state index contributed by atoms with van der Waals surface area (Å²) in [6.07, 6.45) is 3.17. The Morgan fingerprint density at radius 2 is 2.33 bits per heavy atom. The summed E-state index contributed by atoms with van der Waals surface area (Å²) in [5, 5.41) is 10.5. The van der Waals surface area contributed by atoms with E-state index in [0.717, 1.165) is 0 Å². The topological polar surface area (TPSA) is 78.0 Å². The van der Waals surface area contributed by atoms with Crippen molar-refractivity contribution in [2.45, 2.75) is 26.8 Å². The molecule has 1 rings (SSSR count). The smallest absolute Gasteiger partial charge is 0.390 e. The average molecular weight is 211 g/mol. The molecule has 0 saturated carbocycles. The van der Waals surface area contributed by atoms with E-state index in [2.05, 4.69) is 4.98 Å². The lowest BCUT2D eigenvalue weighted by Gasteiger charge is -2.03. The molecule has 15 heavy (non-hydrogen) atoms. The van der Waals surface area contributed by atoms with Crippen LogP contribution in [-0.4, -0.2) is 20.3 Å². The fraction of sp³-hybridized carbons (Fsp3) is 0.556. The fourth-order valence-electron chi connectivity index (χ4n) is 1.17. The summed E-state index contributed by atoms with van der Waals surface area (Å²) in [5.41, 5.74) is 0. The first-order valence-corrected chi connectivity index (χ1v) is 4.70.